The predicted octanol–water partition coefficient (Wildman–Crippen LogP) is 1.56. The van der Waals surface area contributed by atoms with Crippen LogP contribution in [0.4, 0.5) is 0 Å². The van der Waals surface area contributed by atoms with Gasteiger partial charge in [-0.1, -0.05) is 35.9 Å². The average molecular weight is 426 g/mol. The van der Waals surface area contributed by atoms with Gasteiger partial charge in [-0.2, -0.15) is 0 Å². The SMILES string of the molecule is Cc1ccc(CCOc2cc(C(=O)NC(CCCN=C(N)N)C(N)=O)ccc2C)cc1. The molecule has 1 atom stereocenters. The molecule has 2 amide bonds. The molecule has 0 heterocycles. The molecule has 2 rings (SSSR count). The van der Waals surface area contributed by atoms with Gasteiger partial charge in [0.2, 0.25) is 5.91 Å². The van der Waals surface area contributed by atoms with Crippen molar-refractivity contribution >= 4 is 17.8 Å². The molecule has 31 heavy (non-hydrogen) atoms. The van der Waals surface area contributed by atoms with Crippen molar-refractivity contribution in [2.45, 2.75) is 39.2 Å². The minimum atomic E-state index is -0.811. The number of nitrogens with zero attached hydrogens (tertiary/aromatic N) is 1. The van der Waals surface area contributed by atoms with Crippen LogP contribution in [0.25, 0.3) is 0 Å². The van der Waals surface area contributed by atoms with Crippen LogP contribution < -0.4 is 27.3 Å². The van der Waals surface area contributed by atoms with E-state index < -0.39 is 17.9 Å². The van der Waals surface area contributed by atoms with Crippen LogP contribution in [0.15, 0.2) is 47.5 Å². The van der Waals surface area contributed by atoms with Crippen LogP contribution >= 0.6 is 0 Å². The second kappa shape index (κ2) is 11.6. The number of carbonyl (C=O) groups excluding carboxylic acids is 2. The summed E-state index contributed by atoms with van der Waals surface area (Å²) in [4.78, 5) is 28.2. The Balaban J connectivity index is 1.96. The number of amides is 2. The number of primary amides is 1. The molecule has 0 bridgehead atoms. The van der Waals surface area contributed by atoms with Crippen molar-refractivity contribution in [2.75, 3.05) is 13.2 Å². The highest BCUT2D eigenvalue weighted by Gasteiger charge is 2.19. The zero-order valence-electron chi connectivity index (χ0n) is 18.1. The van der Waals surface area contributed by atoms with E-state index in [1.165, 1.54) is 11.1 Å². The van der Waals surface area contributed by atoms with Crippen LogP contribution in [0.1, 0.15) is 39.9 Å². The molecule has 0 spiro atoms. The van der Waals surface area contributed by atoms with Gasteiger partial charge in [-0.25, -0.2) is 0 Å². The molecule has 7 N–H and O–H groups in total. The van der Waals surface area contributed by atoms with Crippen molar-refractivity contribution in [1.29, 1.82) is 0 Å². The van der Waals surface area contributed by atoms with Crippen LogP contribution in [-0.2, 0) is 11.2 Å². The number of ether oxygens (including phenoxy) is 1. The van der Waals surface area contributed by atoms with Gasteiger partial charge >= 0.3 is 0 Å². The Kier molecular flexibility index (Phi) is 8.87. The maximum Gasteiger partial charge on any atom is 0.252 e. The maximum atomic E-state index is 12.6. The van der Waals surface area contributed by atoms with E-state index in [2.05, 4.69) is 34.6 Å². The molecule has 2 aromatic rings. The fourth-order valence-electron chi connectivity index (χ4n) is 2.96. The molecule has 8 nitrogen and oxygen atoms in total. The number of hydrogen-bond donors (Lipinski definition) is 4. The number of hydrogen-bond acceptors (Lipinski definition) is 4. The fraction of sp³-hybridized carbons (Fsp3) is 0.348. The molecule has 0 aliphatic heterocycles. The van der Waals surface area contributed by atoms with Crippen LogP contribution in [0.2, 0.25) is 0 Å². The summed E-state index contributed by atoms with van der Waals surface area (Å²) in [5.74, 6) is -0.397. The van der Waals surface area contributed by atoms with Gasteiger partial charge in [0.15, 0.2) is 5.96 Å². The lowest BCUT2D eigenvalue weighted by atomic mass is 10.1. The Bertz CT molecular complexity index is 921. The quantitative estimate of drug-likeness (QED) is 0.245. The van der Waals surface area contributed by atoms with Gasteiger partial charge in [-0.15, -0.1) is 0 Å². The van der Waals surface area contributed by atoms with Crippen molar-refractivity contribution in [3.05, 3.63) is 64.7 Å². The number of guanidine groups is 1. The summed E-state index contributed by atoms with van der Waals surface area (Å²) in [5.41, 5.74) is 19.7. The second-order valence-electron chi connectivity index (χ2n) is 7.44. The standard InChI is InChI=1S/C23H31N5O3/c1-15-5-8-17(9-6-15)11-13-31-20-14-18(10-7-16(20)2)22(30)28-19(21(24)29)4-3-12-27-23(25)26/h5-10,14,19H,3-4,11-13H2,1-2H3,(H2,24,29)(H,28,30)(H4,25,26,27). The smallest absolute Gasteiger partial charge is 0.252 e. The number of aliphatic imine (C=N–C) groups is 1. The number of nitrogens with one attached hydrogen (secondary N) is 1. The summed E-state index contributed by atoms with van der Waals surface area (Å²) in [5, 5.41) is 2.67. The number of nitrogens with two attached hydrogens (primary N) is 3. The first-order valence-electron chi connectivity index (χ1n) is 10.2. The first-order valence-corrected chi connectivity index (χ1v) is 10.2. The van der Waals surface area contributed by atoms with Gasteiger partial charge in [-0.05, 0) is 49.9 Å². The third kappa shape index (κ3) is 8.00. The molecule has 0 saturated carbocycles. The summed E-state index contributed by atoms with van der Waals surface area (Å²) < 4.78 is 5.91. The van der Waals surface area contributed by atoms with Gasteiger partial charge in [0.05, 0.1) is 6.61 Å². The minimum Gasteiger partial charge on any atom is -0.493 e. The molecular formula is C23H31N5O3. The highest BCUT2D eigenvalue weighted by molar-refractivity contribution is 5.97. The van der Waals surface area contributed by atoms with E-state index in [4.69, 9.17) is 21.9 Å². The van der Waals surface area contributed by atoms with Crippen LogP contribution in [0.5, 0.6) is 5.75 Å². The molecule has 0 fully saturated rings. The number of carbonyl (C=O) groups is 2. The average Bonchev–Trinajstić information content (AvgIpc) is 2.72. The largest absolute Gasteiger partial charge is 0.493 e. The molecule has 0 radical (unpaired) electrons. The molecule has 166 valence electrons. The lowest BCUT2D eigenvalue weighted by molar-refractivity contribution is -0.120. The lowest BCUT2D eigenvalue weighted by Crippen LogP contribution is -2.44. The topological polar surface area (TPSA) is 146 Å². The Morgan fingerprint density at radius 1 is 1.06 bits per heavy atom. The molecule has 2 aromatic carbocycles. The zero-order chi connectivity index (χ0) is 22.8. The molecule has 0 aliphatic rings. The van der Waals surface area contributed by atoms with Crippen molar-refractivity contribution < 1.29 is 14.3 Å². The highest BCUT2D eigenvalue weighted by Crippen LogP contribution is 2.20. The summed E-state index contributed by atoms with van der Waals surface area (Å²) >= 11 is 0. The van der Waals surface area contributed by atoms with E-state index in [0.29, 0.717) is 37.3 Å². The summed E-state index contributed by atoms with van der Waals surface area (Å²) in [6.07, 6.45) is 1.60. The van der Waals surface area contributed by atoms with Crippen LogP contribution in [-0.4, -0.2) is 37.0 Å². The highest BCUT2D eigenvalue weighted by atomic mass is 16.5. The van der Waals surface area contributed by atoms with Gasteiger partial charge in [0.1, 0.15) is 11.8 Å². The van der Waals surface area contributed by atoms with Crippen molar-refractivity contribution in [1.82, 2.24) is 5.32 Å². The number of rotatable bonds is 11. The van der Waals surface area contributed by atoms with Gasteiger partial charge in [0.25, 0.3) is 5.91 Å². The number of benzene rings is 2. The molecular weight excluding hydrogens is 394 g/mol. The third-order valence-corrected chi connectivity index (χ3v) is 4.81. The second-order valence-corrected chi connectivity index (χ2v) is 7.44. The maximum absolute atomic E-state index is 12.6. The predicted molar refractivity (Wildman–Crippen MR) is 122 cm³/mol. The number of aryl methyl sites for hydroxylation is 2. The first kappa shape index (κ1) is 23.7. The van der Waals surface area contributed by atoms with E-state index in [0.717, 1.165) is 12.0 Å². The summed E-state index contributed by atoms with van der Waals surface area (Å²) in [6, 6.07) is 12.7. The Labute approximate surface area is 182 Å². The summed E-state index contributed by atoms with van der Waals surface area (Å²) in [7, 11) is 0. The normalized spacial score (nSPS) is 11.4. The van der Waals surface area contributed by atoms with Crippen LogP contribution in [0, 0.1) is 13.8 Å². The molecule has 0 saturated heterocycles. The van der Waals surface area contributed by atoms with Crippen molar-refractivity contribution in [2.24, 2.45) is 22.2 Å². The first-order chi connectivity index (χ1) is 14.8. The minimum absolute atomic E-state index is 0.0192. The Hall–Kier alpha value is -3.55. The Morgan fingerprint density at radius 3 is 2.42 bits per heavy atom. The van der Waals surface area contributed by atoms with Gasteiger partial charge in [0, 0.05) is 18.5 Å². The lowest BCUT2D eigenvalue weighted by Gasteiger charge is -2.16. The monoisotopic (exact) mass is 425 g/mol. The van der Waals surface area contributed by atoms with Crippen LogP contribution in [0.3, 0.4) is 0 Å². The van der Waals surface area contributed by atoms with E-state index in [1.807, 2.05) is 19.9 Å². The summed E-state index contributed by atoms with van der Waals surface area (Å²) in [6.45, 7) is 4.81. The zero-order valence-corrected chi connectivity index (χ0v) is 18.1. The van der Waals surface area contributed by atoms with Crippen molar-refractivity contribution in [3.8, 4) is 5.75 Å². The van der Waals surface area contributed by atoms with Gasteiger partial charge in [-0.3, -0.25) is 14.6 Å². The van der Waals surface area contributed by atoms with E-state index in [-0.39, 0.29) is 5.96 Å². The van der Waals surface area contributed by atoms with E-state index in [9.17, 15) is 9.59 Å². The molecule has 1 unspecified atom stereocenters. The molecule has 0 aromatic heterocycles. The van der Waals surface area contributed by atoms with Crippen molar-refractivity contribution in [3.63, 3.8) is 0 Å². The fourth-order valence-corrected chi connectivity index (χ4v) is 2.96. The molecule has 0 aliphatic carbocycles. The van der Waals surface area contributed by atoms with E-state index >= 15 is 0 Å². The Morgan fingerprint density at radius 2 is 1.77 bits per heavy atom. The van der Waals surface area contributed by atoms with E-state index in [1.54, 1.807) is 12.1 Å². The third-order valence-electron chi connectivity index (χ3n) is 4.81. The molecule has 8 heteroatoms. The van der Waals surface area contributed by atoms with Gasteiger partial charge < -0.3 is 27.3 Å².